The van der Waals surface area contributed by atoms with Crippen LogP contribution in [-0.4, -0.2) is 53.8 Å². The van der Waals surface area contributed by atoms with E-state index in [2.05, 4.69) is 20.6 Å². The lowest BCUT2D eigenvalue weighted by Crippen LogP contribution is -2.43. The van der Waals surface area contributed by atoms with E-state index in [1.54, 1.807) is 26.5 Å². The van der Waals surface area contributed by atoms with Crippen LogP contribution in [0, 0.1) is 5.41 Å². The minimum absolute atomic E-state index is 0.0339. The van der Waals surface area contributed by atoms with Crippen molar-refractivity contribution in [3.05, 3.63) is 71.4 Å². The van der Waals surface area contributed by atoms with Crippen LogP contribution in [0.1, 0.15) is 32.1 Å². The maximum Gasteiger partial charge on any atom is 0.326 e. The lowest BCUT2D eigenvalue weighted by atomic mass is 10.0. The number of anilines is 1. The Labute approximate surface area is 206 Å². The molecule has 10 heteroatoms. The number of benzene rings is 2. The van der Waals surface area contributed by atoms with Gasteiger partial charge in [-0.3, -0.25) is 14.2 Å². The van der Waals surface area contributed by atoms with Crippen molar-refractivity contribution in [1.82, 2.24) is 29.4 Å². The van der Waals surface area contributed by atoms with Crippen LogP contribution in [0.4, 0.5) is 5.69 Å². The molecule has 36 heavy (non-hydrogen) atoms. The average molecular weight is 486 g/mol. The van der Waals surface area contributed by atoms with Gasteiger partial charge in [0.25, 0.3) is 0 Å². The van der Waals surface area contributed by atoms with Gasteiger partial charge >= 0.3 is 5.69 Å². The number of nitrogens with one attached hydrogen (secondary N) is 2. The van der Waals surface area contributed by atoms with Crippen molar-refractivity contribution < 1.29 is 9.59 Å². The van der Waals surface area contributed by atoms with Gasteiger partial charge in [-0.25, -0.2) is 9.48 Å². The van der Waals surface area contributed by atoms with Crippen LogP contribution >= 0.6 is 0 Å². The molecule has 2 amide bonds. The van der Waals surface area contributed by atoms with Crippen LogP contribution in [0.5, 0.6) is 0 Å². The minimum Gasteiger partial charge on any atom is -0.330 e. The Kier molecular flexibility index (Phi) is 5.43. The normalized spacial score (nSPS) is 18.1. The zero-order valence-corrected chi connectivity index (χ0v) is 19.8. The number of aryl methyl sites for hydroxylation is 1. The number of para-hydroxylation sites is 2. The lowest BCUT2D eigenvalue weighted by molar-refractivity contribution is -0.136. The number of rotatable bonds is 7. The number of hydrogen-bond acceptors (Lipinski definition) is 5. The number of aromatic nitrogens is 5. The maximum absolute atomic E-state index is 13.2. The quantitative estimate of drug-likeness (QED) is 0.417. The van der Waals surface area contributed by atoms with Gasteiger partial charge < -0.3 is 15.2 Å². The summed E-state index contributed by atoms with van der Waals surface area (Å²) >= 11 is 0. The van der Waals surface area contributed by atoms with Gasteiger partial charge in [0.2, 0.25) is 11.8 Å². The van der Waals surface area contributed by atoms with Crippen LogP contribution < -0.4 is 11.0 Å². The molecular formula is C26H27N7O3. The van der Waals surface area contributed by atoms with Crippen molar-refractivity contribution in [2.45, 2.75) is 44.7 Å². The number of hydrogen-bond donors (Lipinski definition) is 2. The fraction of sp³-hybridized carbons (Fsp3) is 0.346. The molecule has 1 saturated carbocycles. The summed E-state index contributed by atoms with van der Waals surface area (Å²) in [5, 5.41) is 10.8. The van der Waals surface area contributed by atoms with E-state index in [-0.39, 0.29) is 22.9 Å². The van der Waals surface area contributed by atoms with E-state index in [4.69, 9.17) is 0 Å². The summed E-state index contributed by atoms with van der Waals surface area (Å²) in [5.41, 5.74) is 3.05. The first-order valence-electron chi connectivity index (χ1n) is 12.3. The van der Waals surface area contributed by atoms with Crippen molar-refractivity contribution in [3.8, 4) is 5.69 Å². The molecule has 2 N–H and O–H groups in total. The Hall–Kier alpha value is -4.21. The van der Waals surface area contributed by atoms with E-state index in [0.717, 1.165) is 29.6 Å². The van der Waals surface area contributed by atoms with E-state index >= 15 is 0 Å². The van der Waals surface area contributed by atoms with Gasteiger partial charge in [-0.05, 0) is 67.5 Å². The van der Waals surface area contributed by atoms with E-state index < -0.39 is 6.04 Å². The molecule has 1 aliphatic carbocycles. The second-order valence-corrected chi connectivity index (χ2v) is 9.83. The fourth-order valence-electron chi connectivity index (χ4n) is 5.22. The first-order chi connectivity index (χ1) is 17.5. The largest absolute Gasteiger partial charge is 0.330 e. The number of imidazole rings is 1. The van der Waals surface area contributed by atoms with Gasteiger partial charge in [-0.15, -0.1) is 5.10 Å². The van der Waals surface area contributed by atoms with E-state index in [9.17, 15) is 14.4 Å². The average Bonchev–Trinajstić information content (AvgIpc) is 3.21. The molecule has 2 aromatic heterocycles. The second kappa shape index (κ2) is 8.78. The smallest absolute Gasteiger partial charge is 0.326 e. The highest BCUT2D eigenvalue weighted by atomic mass is 16.2. The second-order valence-electron chi connectivity index (χ2n) is 9.83. The van der Waals surface area contributed by atoms with Gasteiger partial charge in [0.1, 0.15) is 6.04 Å². The lowest BCUT2D eigenvalue weighted by Gasteiger charge is -2.24. The third-order valence-corrected chi connectivity index (χ3v) is 7.36. The molecule has 2 aliphatic rings. The number of carbonyl (C=O) groups excluding carboxylic acids is 2. The van der Waals surface area contributed by atoms with Crippen LogP contribution in [0.3, 0.4) is 0 Å². The van der Waals surface area contributed by atoms with Gasteiger partial charge in [0, 0.05) is 25.2 Å². The number of amides is 2. The summed E-state index contributed by atoms with van der Waals surface area (Å²) in [6.45, 7) is 1.07. The summed E-state index contributed by atoms with van der Waals surface area (Å²) in [6.07, 6.45) is 6.98. The van der Waals surface area contributed by atoms with Crippen LogP contribution in [-0.2, 0) is 16.1 Å². The molecule has 10 nitrogen and oxygen atoms in total. The Morgan fingerprint density at radius 3 is 2.67 bits per heavy atom. The monoisotopic (exact) mass is 485 g/mol. The maximum atomic E-state index is 13.2. The number of fused-ring (bicyclic) bond motifs is 1. The van der Waals surface area contributed by atoms with Gasteiger partial charge in [-0.1, -0.05) is 17.3 Å². The minimum atomic E-state index is -0.481. The molecule has 1 aliphatic heterocycles. The Bertz CT molecular complexity index is 1470. The Morgan fingerprint density at radius 2 is 1.92 bits per heavy atom. The van der Waals surface area contributed by atoms with Crippen molar-refractivity contribution in [2.75, 3.05) is 11.9 Å². The summed E-state index contributed by atoms with van der Waals surface area (Å²) < 4.78 is 3.31. The van der Waals surface area contributed by atoms with Crippen molar-refractivity contribution in [1.29, 1.82) is 0 Å². The number of carbonyl (C=O) groups is 2. The standard InChI is InChI=1S/C26H27N7O3/c34-23(6-3-14-31-21-5-2-1-4-20(21)29-25(31)36)32-17-26(11-12-26)16-22(32)24(35)28-18-7-9-19(10-8-18)33-15-13-27-30-33/h1-2,4-5,7-10,13,15,22H,3,6,11-12,14,16-17H2,(H,28,35)(H,29,36)/t22-/m0/s1. The topological polar surface area (TPSA) is 118 Å². The molecule has 0 radical (unpaired) electrons. The first kappa shape index (κ1) is 22.3. The molecule has 0 unspecified atom stereocenters. The summed E-state index contributed by atoms with van der Waals surface area (Å²) in [6, 6.07) is 14.4. The zero-order chi connectivity index (χ0) is 24.7. The van der Waals surface area contributed by atoms with E-state index in [1.807, 2.05) is 48.5 Å². The first-order valence-corrected chi connectivity index (χ1v) is 12.3. The molecule has 3 heterocycles. The molecule has 1 atom stereocenters. The number of H-pyrrole nitrogens is 1. The van der Waals surface area contributed by atoms with Crippen molar-refractivity contribution in [3.63, 3.8) is 0 Å². The molecular weight excluding hydrogens is 458 g/mol. The van der Waals surface area contributed by atoms with Crippen LogP contribution in [0.25, 0.3) is 16.7 Å². The number of nitrogens with zero attached hydrogens (tertiary/aromatic N) is 5. The Balaban J connectivity index is 1.10. The summed E-state index contributed by atoms with van der Waals surface area (Å²) in [5.74, 6) is -0.193. The highest BCUT2D eigenvalue weighted by Crippen LogP contribution is 2.55. The molecule has 4 aromatic rings. The molecule has 2 fully saturated rings. The molecule has 1 saturated heterocycles. The third kappa shape index (κ3) is 4.19. The van der Waals surface area contributed by atoms with Crippen LogP contribution in [0.2, 0.25) is 0 Å². The molecule has 0 bridgehead atoms. The molecule has 184 valence electrons. The number of likely N-dealkylation sites (tertiary alicyclic amines) is 1. The molecule has 6 rings (SSSR count). The SMILES string of the molecule is O=C(Nc1ccc(-n2ccnn2)cc1)[C@@H]1CC2(CC2)CN1C(=O)CCCn1c(=O)[nH]c2ccccc21. The van der Waals surface area contributed by atoms with E-state index in [1.165, 1.54) is 0 Å². The fourth-order valence-corrected chi connectivity index (χ4v) is 5.22. The van der Waals surface area contributed by atoms with E-state index in [0.29, 0.717) is 38.0 Å². The molecule has 2 aromatic carbocycles. The Morgan fingerprint density at radius 1 is 1.11 bits per heavy atom. The van der Waals surface area contributed by atoms with Gasteiger partial charge in [0.05, 0.1) is 29.1 Å². The summed E-state index contributed by atoms with van der Waals surface area (Å²) in [4.78, 5) is 43.4. The number of aromatic amines is 1. The molecule has 1 spiro atoms. The van der Waals surface area contributed by atoms with Crippen LogP contribution in [0.15, 0.2) is 65.7 Å². The summed E-state index contributed by atoms with van der Waals surface area (Å²) in [7, 11) is 0. The van der Waals surface area contributed by atoms with Crippen molar-refractivity contribution in [2.24, 2.45) is 5.41 Å². The van der Waals surface area contributed by atoms with Gasteiger partial charge in [0.15, 0.2) is 0 Å². The third-order valence-electron chi connectivity index (χ3n) is 7.36. The zero-order valence-electron chi connectivity index (χ0n) is 19.8. The highest BCUT2D eigenvalue weighted by Gasteiger charge is 2.54. The predicted molar refractivity (Wildman–Crippen MR) is 134 cm³/mol. The van der Waals surface area contributed by atoms with Crippen molar-refractivity contribution >= 4 is 28.5 Å². The van der Waals surface area contributed by atoms with Gasteiger partial charge in [-0.2, -0.15) is 0 Å². The highest BCUT2D eigenvalue weighted by molar-refractivity contribution is 5.97. The predicted octanol–water partition coefficient (Wildman–Crippen LogP) is 2.71.